The Morgan fingerprint density at radius 2 is 1.12 bits per heavy atom. The zero-order valence-corrected chi connectivity index (χ0v) is 11.6. The van der Waals surface area contributed by atoms with E-state index in [2.05, 4.69) is 0 Å². The fraction of sp³-hybridized carbons (Fsp3) is 0. The summed E-state index contributed by atoms with van der Waals surface area (Å²) in [5, 5.41) is 0. The first kappa shape index (κ1) is 22.8. The molecule has 8 heavy (non-hydrogen) atoms. The molecule has 0 atom stereocenters. The van der Waals surface area contributed by atoms with Crippen LogP contribution in [-0.2, 0) is 47.1 Å². The molecule has 4 nitrogen and oxygen atoms in total. The van der Waals surface area contributed by atoms with Gasteiger partial charge in [-0.2, -0.15) is 0 Å². The van der Waals surface area contributed by atoms with Crippen molar-refractivity contribution in [1.82, 2.24) is 0 Å². The maximum absolute atomic E-state index is 8.42. The number of rotatable bonds is 0. The zero-order chi connectivity index (χ0) is 8.00. The van der Waals surface area contributed by atoms with Gasteiger partial charge in [0, 0.05) is 0 Å². The summed E-state index contributed by atoms with van der Waals surface area (Å²) in [7, 11) is 0.611. The first-order valence-corrected chi connectivity index (χ1v) is 4.08. The van der Waals surface area contributed by atoms with Gasteiger partial charge in [0.05, 0.1) is 0 Å². The Kier molecular flexibility index (Phi) is 713. The van der Waals surface area contributed by atoms with Gasteiger partial charge in [0.1, 0.15) is 0 Å². The quantitative estimate of drug-likeness (QED) is 0.483. The molecule has 0 N–H and O–H groups in total. The van der Waals surface area contributed by atoms with Crippen molar-refractivity contribution in [3.05, 3.63) is 0 Å². The van der Waals surface area contributed by atoms with Crippen LogP contribution in [0.5, 0.6) is 0 Å². The van der Waals surface area contributed by atoms with Gasteiger partial charge in [-0.1, -0.05) is 0 Å². The molecule has 0 aliphatic rings. The van der Waals surface area contributed by atoms with E-state index in [4.69, 9.17) is 15.0 Å². The molecule has 0 unspecified atom stereocenters. The standard InChI is InChI=1S/Cr.Fe.In.H2OSi.3O.H/c;;;1-2;;;;/h;;;2H2;;;;. The van der Waals surface area contributed by atoms with Gasteiger partial charge in [-0.05, 0) is 0 Å². The average Bonchev–Trinajstić information content (AvgIpc) is 2.03. The van der Waals surface area contributed by atoms with Gasteiger partial charge >= 0.3 is 67.0 Å². The molecule has 8 heteroatoms. The van der Waals surface area contributed by atoms with E-state index in [9.17, 15) is 0 Å². The predicted octanol–water partition coefficient (Wildman–Crippen LogP) is -2.04. The minimum atomic E-state index is -0.1000. The van der Waals surface area contributed by atoms with Crippen molar-refractivity contribution in [3.8, 4) is 0 Å². The first-order valence-electron chi connectivity index (χ1n) is 0.888. The summed E-state index contributed by atoms with van der Waals surface area (Å²) in [4.78, 5) is 0. The molecule has 0 aromatic rings. The van der Waals surface area contributed by atoms with Crippen LogP contribution < -0.4 is 0 Å². The van der Waals surface area contributed by atoms with Crippen molar-refractivity contribution in [3.63, 3.8) is 0 Å². The van der Waals surface area contributed by atoms with Gasteiger partial charge in [0.25, 0.3) is 0 Å². The van der Waals surface area contributed by atoms with Gasteiger partial charge in [0.15, 0.2) is 0 Å². The summed E-state index contributed by atoms with van der Waals surface area (Å²) in [6, 6.07) is 0. The van der Waals surface area contributed by atoms with Crippen LogP contribution in [0.1, 0.15) is 0 Å². The Hall–Kier alpha value is 1.34. The molecule has 0 bridgehead atoms. The predicted molar refractivity (Wildman–Crippen MR) is 18.4 cm³/mol. The average molecular weight is 318 g/mol. The van der Waals surface area contributed by atoms with Crippen molar-refractivity contribution < 1.29 is 47.1 Å². The third-order valence-corrected chi connectivity index (χ3v) is 0. The van der Waals surface area contributed by atoms with Crippen LogP contribution in [0, 0.1) is 0 Å². The molecule has 0 heterocycles. The second kappa shape index (κ2) is 251. The van der Waals surface area contributed by atoms with Gasteiger partial charge in [0.2, 0.25) is 10.1 Å². The monoisotopic (exact) mass is 318 g/mol. The van der Waals surface area contributed by atoms with Crippen LogP contribution in [0.4, 0.5) is 0 Å². The van der Waals surface area contributed by atoms with E-state index in [1.54, 1.807) is 0 Å². The van der Waals surface area contributed by atoms with Gasteiger partial charge < -0.3 is 4.46 Å². The fourth-order valence-electron chi connectivity index (χ4n) is 0. The van der Waals surface area contributed by atoms with Gasteiger partial charge in [-0.25, -0.2) is 0 Å². The van der Waals surface area contributed by atoms with Crippen LogP contribution >= 0.6 is 0 Å². The fourth-order valence-corrected chi connectivity index (χ4v) is 0. The molecule has 0 radical (unpaired) electrons. The van der Waals surface area contributed by atoms with Crippen molar-refractivity contribution >= 4 is 34.5 Å². The summed E-state index contributed by atoms with van der Waals surface area (Å²) in [6.07, 6.45) is 0. The number of hydrogen-bond acceptors (Lipinski definition) is 4. The number of hydrogen-bond donors (Lipinski definition) is 0. The van der Waals surface area contributed by atoms with Crippen LogP contribution in [0.25, 0.3) is 0 Å². The normalized spacial score (nSPS) is 2.00. The second-order valence-corrected chi connectivity index (χ2v) is 0. The second-order valence-electron chi connectivity index (χ2n) is 0. The molecule has 0 aromatic heterocycles. The summed E-state index contributed by atoms with van der Waals surface area (Å²) >= 11 is 3.28. The Morgan fingerprint density at radius 1 is 1.12 bits per heavy atom. The third kappa shape index (κ3) is 164. The van der Waals surface area contributed by atoms with E-state index >= 15 is 0 Å². The molecule has 0 fully saturated rings. The van der Waals surface area contributed by atoms with Crippen molar-refractivity contribution in [2.24, 2.45) is 0 Å². The van der Waals surface area contributed by atoms with E-state index in [1.165, 1.54) is 16.2 Å². The van der Waals surface area contributed by atoms with E-state index in [0.717, 1.165) is 0 Å². The SMILES string of the molecule is O=[SiH2].[O]=[Cr].[O]=[Fe].[O]=[InH]. The molecule has 0 aromatic carbocycles. The molecule has 0 aliphatic heterocycles. The Morgan fingerprint density at radius 3 is 1.12 bits per heavy atom. The summed E-state index contributed by atoms with van der Waals surface area (Å²) < 4.78 is 32.8. The first-order chi connectivity index (χ1) is 4.00. The van der Waals surface area contributed by atoms with Crippen LogP contribution in [0.2, 0.25) is 0 Å². The van der Waals surface area contributed by atoms with Crippen LogP contribution in [0.3, 0.4) is 0 Å². The van der Waals surface area contributed by atoms with Crippen molar-refractivity contribution in [2.45, 2.75) is 0 Å². The Labute approximate surface area is 80.9 Å². The Bertz CT molecular complexity index is 24.0. The van der Waals surface area contributed by atoms with E-state index in [-0.39, 0.29) is 24.4 Å². The minimum absolute atomic E-state index is 0.1000. The van der Waals surface area contributed by atoms with E-state index in [1.807, 2.05) is 15.9 Å². The Balaban J connectivity index is -0.0000000133. The van der Waals surface area contributed by atoms with Crippen LogP contribution in [0.15, 0.2) is 0 Å². The van der Waals surface area contributed by atoms with Crippen LogP contribution in [-0.4, -0.2) is 34.5 Å². The van der Waals surface area contributed by atoms with Gasteiger partial charge in [-0.15, -0.1) is 0 Å². The molecular formula is H3CrFeInO4Si. The van der Waals surface area contributed by atoms with Gasteiger partial charge in [-0.3, -0.25) is 0 Å². The van der Waals surface area contributed by atoms with E-state index < -0.39 is 0 Å². The van der Waals surface area contributed by atoms with Crippen molar-refractivity contribution in [1.29, 1.82) is 0 Å². The van der Waals surface area contributed by atoms with Crippen molar-refractivity contribution in [2.75, 3.05) is 0 Å². The molecule has 0 aliphatic carbocycles. The topological polar surface area (TPSA) is 68.3 Å². The molecule has 0 saturated heterocycles. The maximum atomic E-state index is 8.42. The molecular weight excluding hydrogens is 315 g/mol. The zero-order valence-electron chi connectivity index (χ0n) is 3.81. The molecule has 0 spiro atoms. The molecule has 0 saturated carbocycles. The summed E-state index contributed by atoms with van der Waals surface area (Å²) in [5.41, 5.74) is 0. The molecule has 0 amide bonds. The summed E-state index contributed by atoms with van der Waals surface area (Å²) in [5.74, 6) is 0. The van der Waals surface area contributed by atoms with E-state index in [0.29, 0.717) is 10.1 Å². The third-order valence-electron chi connectivity index (χ3n) is 0. The summed E-state index contributed by atoms with van der Waals surface area (Å²) in [6.45, 7) is 0. The molecule has 0 rings (SSSR count). The molecule has 48 valence electrons.